The standard InChI is InChI=1S/C20H44N2O2/c21-17-11-15-19(23)13-9-7-5-3-1-2-4-6-8-10-14-20(24)16-12-18-22/h19-20,23-24H,1-18,21-22H2. The molecule has 0 rings (SSSR count). The summed E-state index contributed by atoms with van der Waals surface area (Å²) >= 11 is 0. The Morgan fingerprint density at radius 1 is 0.417 bits per heavy atom. The van der Waals surface area contributed by atoms with E-state index in [2.05, 4.69) is 0 Å². The molecule has 2 unspecified atom stereocenters. The number of rotatable bonds is 19. The van der Waals surface area contributed by atoms with E-state index >= 15 is 0 Å². The zero-order valence-corrected chi connectivity index (χ0v) is 15.9. The van der Waals surface area contributed by atoms with Gasteiger partial charge in [-0.2, -0.15) is 0 Å². The van der Waals surface area contributed by atoms with E-state index in [1.54, 1.807) is 0 Å². The molecule has 0 fully saturated rings. The first-order chi connectivity index (χ1) is 11.7. The Balaban J connectivity index is 3.12. The zero-order valence-electron chi connectivity index (χ0n) is 15.9. The van der Waals surface area contributed by atoms with E-state index in [0.717, 1.165) is 51.4 Å². The molecule has 0 heterocycles. The van der Waals surface area contributed by atoms with E-state index in [4.69, 9.17) is 11.5 Å². The highest BCUT2D eigenvalue weighted by Crippen LogP contribution is 2.14. The van der Waals surface area contributed by atoms with Gasteiger partial charge in [0.1, 0.15) is 0 Å². The molecule has 0 aliphatic heterocycles. The fourth-order valence-electron chi connectivity index (χ4n) is 3.17. The van der Waals surface area contributed by atoms with Crippen molar-refractivity contribution in [1.82, 2.24) is 0 Å². The third-order valence-electron chi connectivity index (χ3n) is 4.81. The summed E-state index contributed by atoms with van der Waals surface area (Å²) in [6.45, 7) is 1.37. The fraction of sp³-hybridized carbons (Fsp3) is 1.00. The summed E-state index contributed by atoms with van der Waals surface area (Å²) in [5.41, 5.74) is 10.9. The molecule has 4 nitrogen and oxygen atoms in total. The van der Waals surface area contributed by atoms with Gasteiger partial charge in [0.25, 0.3) is 0 Å². The molecule has 0 saturated heterocycles. The van der Waals surface area contributed by atoms with Crippen LogP contribution in [0.1, 0.15) is 103 Å². The monoisotopic (exact) mass is 344 g/mol. The third-order valence-corrected chi connectivity index (χ3v) is 4.81. The molecule has 0 aliphatic rings. The van der Waals surface area contributed by atoms with Crippen molar-refractivity contribution < 1.29 is 10.2 Å². The largest absolute Gasteiger partial charge is 0.393 e. The summed E-state index contributed by atoms with van der Waals surface area (Å²) in [4.78, 5) is 0. The van der Waals surface area contributed by atoms with Crippen LogP contribution in [-0.2, 0) is 0 Å². The number of unbranched alkanes of at least 4 members (excludes halogenated alkanes) is 9. The van der Waals surface area contributed by atoms with Crippen LogP contribution in [0.3, 0.4) is 0 Å². The zero-order chi connectivity index (χ0) is 17.9. The first kappa shape index (κ1) is 23.8. The van der Waals surface area contributed by atoms with Gasteiger partial charge in [-0.1, -0.05) is 64.2 Å². The molecule has 0 bridgehead atoms. The van der Waals surface area contributed by atoms with Crippen LogP contribution in [0, 0.1) is 0 Å². The first-order valence-electron chi connectivity index (χ1n) is 10.5. The quantitative estimate of drug-likeness (QED) is 0.268. The summed E-state index contributed by atoms with van der Waals surface area (Å²) in [5, 5.41) is 19.4. The molecule has 24 heavy (non-hydrogen) atoms. The van der Waals surface area contributed by atoms with Gasteiger partial charge in [0.15, 0.2) is 0 Å². The van der Waals surface area contributed by atoms with Crippen LogP contribution >= 0.6 is 0 Å². The van der Waals surface area contributed by atoms with Crippen molar-refractivity contribution in [3.8, 4) is 0 Å². The van der Waals surface area contributed by atoms with E-state index < -0.39 is 0 Å². The van der Waals surface area contributed by atoms with E-state index in [9.17, 15) is 10.2 Å². The maximum atomic E-state index is 9.72. The molecule has 0 aliphatic carbocycles. The van der Waals surface area contributed by atoms with Gasteiger partial charge in [-0.05, 0) is 51.6 Å². The maximum Gasteiger partial charge on any atom is 0.0540 e. The highest BCUT2D eigenvalue weighted by atomic mass is 16.3. The van der Waals surface area contributed by atoms with Gasteiger partial charge in [-0.3, -0.25) is 0 Å². The number of nitrogens with two attached hydrogens (primary N) is 2. The van der Waals surface area contributed by atoms with Crippen molar-refractivity contribution in [2.45, 2.75) is 115 Å². The summed E-state index contributed by atoms with van der Waals surface area (Å²) < 4.78 is 0. The molecule has 6 N–H and O–H groups in total. The van der Waals surface area contributed by atoms with Crippen molar-refractivity contribution in [3.05, 3.63) is 0 Å². The molecular weight excluding hydrogens is 300 g/mol. The van der Waals surface area contributed by atoms with Gasteiger partial charge in [-0.15, -0.1) is 0 Å². The normalized spacial score (nSPS) is 14.0. The molecule has 0 radical (unpaired) electrons. The van der Waals surface area contributed by atoms with Gasteiger partial charge in [0.2, 0.25) is 0 Å². The van der Waals surface area contributed by atoms with Crippen LogP contribution in [0.4, 0.5) is 0 Å². The maximum absolute atomic E-state index is 9.72. The molecule has 0 aromatic carbocycles. The fourth-order valence-corrected chi connectivity index (χ4v) is 3.17. The number of hydrogen-bond acceptors (Lipinski definition) is 4. The van der Waals surface area contributed by atoms with Crippen LogP contribution in [-0.4, -0.2) is 35.5 Å². The average molecular weight is 345 g/mol. The highest BCUT2D eigenvalue weighted by Gasteiger charge is 2.03. The molecule has 2 atom stereocenters. The molecule has 0 saturated carbocycles. The van der Waals surface area contributed by atoms with Gasteiger partial charge in [0, 0.05) is 0 Å². The van der Waals surface area contributed by atoms with E-state index in [1.807, 2.05) is 0 Å². The number of aliphatic hydroxyl groups excluding tert-OH is 2. The molecule has 0 aromatic rings. The van der Waals surface area contributed by atoms with Crippen molar-refractivity contribution in [2.75, 3.05) is 13.1 Å². The second-order valence-electron chi connectivity index (χ2n) is 7.28. The van der Waals surface area contributed by atoms with Gasteiger partial charge < -0.3 is 21.7 Å². The second kappa shape index (κ2) is 19.2. The Bertz CT molecular complexity index is 216. The molecule has 4 heteroatoms. The number of aliphatic hydroxyl groups is 2. The Labute approximate surface area is 150 Å². The lowest BCUT2D eigenvalue weighted by molar-refractivity contribution is 0.148. The van der Waals surface area contributed by atoms with Gasteiger partial charge in [-0.25, -0.2) is 0 Å². The van der Waals surface area contributed by atoms with Crippen LogP contribution in [0.25, 0.3) is 0 Å². The summed E-state index contributed by atoms with van der Waals surface area (Å²) in [7, 11) is 0. The molecule has 0 amide bonds. The summed E-state index contributed by atoms with van der Waals surface area (Å²) in [6, 6.07) is 0. The summed E-state index contributed by atoms with van der Waals surface area (Å²) in [5.74, 6) is 0. The Morgan fingerprint density at radius 3 is 0.958 bits per heavy atom. The lowest BCUT2D eigenvalue weighted by atomic mass is 10.0. The minimum atomic E-state index is -0.137. The van der Waals surface area contributed by atoms with Crippen LogP contribution < -0.4 is 11.5 Å². The van der Waals surface area contributed by atoms with E-state index in [1.165, 1.54) is 51.4 Å². The lowest BCUT2D eigenvalue weighted by Crippen LogP contribution is -2.09. The smallest absolute Gasteiger partial charge is 0.0540 e. The molecular formula is C20H44N2O2. The average Bonchev–Trinajstić information content (AvgIpc) is 2.58. The van der Waals surface area contributed by atoms with E-state index in [0.29, 0.717) is 13.1 Å². The van der Waals surface area contributed by atoms with Crippen molar-refractivity contribution in [3.63, 3.8) is 0 Å². The van der Waals surface area contributed by atoms with Crippen LogP contribution in [0.5, 0.6) is 0 Å². The first-order valence-corrected chi connectivity index (χ1v) is 10.5. The third kappa shape index (κ3) is 18.2. The number of hydrogen-bond donors (Lipinski definition) is 4. The lowest BCUT2D eigenvalue weighted by Gasteiger charge is -2.09. The molecule has 0 spiro atoms. The topological polar surface area (TPSA) is 92.5 Å². The Morgan fingerprint density at radius 2 is 0.667 bits per heavy atom. The molecule has 0 aromatic heterocycles. The van der Waals surface area contributed by atoms with Crippen molar-refractivity contribution >= 4 is 0 Å². The van der Waals surface area contributed by atoms with E-state index in [-0.39, 0.29) is 12.2 Å². The SMILES string of the molecule is NCCCC(O)CCCCCCCCCCCCC(O)CCCN. The Kier molecular flexibility index (Phi) is 19.0. The van der Waals surface area contributed by atoms with Gasteiger partial charge in [0.05, 0.1) is 12.2 Å². The highest BCUT2D eigenvalue weighted by molar-refractivity contribution is 4.58. The van der Waals surface area contributed by atoms with Crippen molar-refractivity contribution in [1.29, 1.82) is 0 Å². The summed E-state index contributed by atoms with van der Waals surface area (Å²) in [6.07, 6.45) is 18.0. The van der Waals surface area contributed by atoms with Crippen LogP contribution in [0.2, 0.25) is 0 Å². The van der Waals surface area contributed by atoms with Crippen molar-refractivity contribution in [2.24, 2.45) is 11.5 Å². The Hall–Kier alpha value is -0.160. The predicted molar refractivity (Wildman–Crippen MR) is 104 cm³/mol. The molecule has 146 valence electrons. The minimum Gasteiger partial charge on any atom is -0.393 e. The minimum absolute atomic E-state index is 0.137. The predicted octanol–water partition coefficient (Wildman–Crippen LogP) is 3.87. The van der Waals surface area contributed by atoms with Gasteiger partial charge >= 0.3 is 0 Å². The second-order valence-corrected chi connectivity index (χ2v) is 7.28. The van der Waals surface area contributed by atoms with Crippen LogP contribution in [0.15, 0.2) is 0 Å².